The molecule has 29 heavy (non-hydrogen) atoms. The van der Waals surface area contributed by atoms with Gasteiger partial charge in [0.25, 0.3) is 5.91 Å². The average Bonchev–Trinajstić information content (AvgIpc) is 3.21. The Bertz CT molecular complexity index is 1110. The van der Waals surface area contributed by atoms with Crippen molar-refractivity contribution in [3.8, 4) is 16.9 Å². The van der Waals surface area contributed by atoms with E-state index < -0.39 is 0 Å². The highest BCUT2D eigenvalue weighted by Crippen LogP contribution is 2.23. The summed E-state index contributed by atoms with van der Waals surface area (Å²) in [5, 5.41) is 7.64. The van der Waals surface area contributed by atoms with Crippen LogP contribution in [0.15, 0.2) is 91.0 Å². The summed E-state index contributed by atoms with van der Waals surface area (Å²) in [6.45, 7) is 1.93. The molecule has 0 fully saturated rings. The van der Waals surface area contributed by atoms with Crippen LogP contribution in [0.3, 0.4) is 0 Å². The molecule has 144 valence electrons. The van der Waals surface area contributed by atoms with Crippen LogP contribution in [-0.2, 0) is 0 Å². The van der Waals surface area contributed by atoms with Gasteiger partial charge in [-0.05, 0) is 42.8 Å². The smallest absolute Gasteiger partial charge is 0.270 e. The quantitative estimate of drug-likeness (QED) is 0.515. The van der Waals surface area contributed by atoms with Gasteiger partial charge in [0.15, 0.2) is 0 Å². The van der Waals surface area contributed by atoms with Crippen molar-refractivity contribution in [3.05, 3.63) is 108 Å². The first-order valence-corrected chi connectivity index (χ1v) is 9.39. The molecule has 0 aliphatic heterocycles. The van der Waals surface area contributed by atoms with Crippen LogP contribution < -0.4 is 5.32 Å². The van der Waals surface area contributed by atoms with Crippen LogP contribution in [0.5, 0.6) is 0 Å². The predicted molar refractivity (Wildman–Crippen MR) is 111 cm³/mol. The first-order chi connectivity index (χ1) is 14.1. The van der Waals surface area contributed by atoms with Crippen LogP contribution in [-0.4, -0.2) is 15.7 Å². The Morgan fingerprint density at radius 2 is 1.55 bits per heavy atom. The number of rotatable bonds is 5. The maximum absolute atomic E-state index is 13.4. The monoisotopic (exact) mass is 385 g/mol. The number of hydrogen-bond acceptors (Lipinski definition) is 2. The first-order valence-electron chi connectivity index (χ1n) is 9.39. The van der Waals surface area contributed by atoms with E-state index in [0.717, 1.165) is 11.1 Å². The molecule has 4 aromatic rings. The second kappa shape index (κ2) is 8.10. The van der Waals surface area contributed by atoms with Gasteiger partial charge < -0.3 is 5.32 Å². The van der Waals surface area contributed by atoms with Crippen LogP contribution in [0.4, 0.5) is 4.39 Å². The van der Waals surface area contributed by atoms with Crippen molar-refractivity contribution >= 4 is 5.91 Å². The van der Waals surface area contributed by atoms with Crippen molar-refractivity contribution < 1.29 is 9.18 Å². The van der Waals surface area contributed by atoms with E-state index in [1.165, 1.54) is 12.1 Å². The summed E-state index contributed by atoms with van der Waals surface area (Å²) in [4.78, 5) is 13.1. The summed E-state index contributed by atoms with van der Waals surface area (Å²) in [6.07, 6.45) is 0. The van der Waals surface area contributed by atoms with Gasteiger partial charge in [0.2, 0.25) is 0 Å². The molecule has 1 unspecified atom stereocenters. The van der Waals surface area contributed by atoms with Gasteiger partial charge in [-0.2, -0.15) is 5.10 Å². The Hall–Kier alpha value is -3.73. The molecule has 0 saturated heterocycles. The number of halogens is 1. The number of nitrogens with one attached hydrogen (secondary N) is 1. The molecule has 1 heterocycles. The van der Waals surface area contributed by atoms with Crippen molar-refractivity contribution in [3.63, 3.8) is 0 Å². The number of benzene rings is 3. The number of hydrogen-bond donors (Lipinski definition) is 1. The number of aromatic nitrogens is 2. The highest BCUT2D eigenvalue weighted by Gasteiger charge is 2.19. The predicted octanol–water partition coefficient (Wildman–Crippen LogP) is 5.17. The molecule has 1 aromatic heterocycles. The SMILES string of the molecule is CC(NC(=O)c1cc(-c2ccccc2)nn1-c1ccc(F)cc1)c1ccccc1. The number of carbonyl (C=O) groups is 1. The van der Waals surface area contributed by atoms with Crippen molar-refractivity contribution in [2.45, 2.75) is 13.0 Å². The summed E-state index contributed by atoms with van der Waals surface area (Å²) in [5.74, 6) is -0.590. The molecule has 1 amide bonds. The molecule has 0 spiro atoms. The molecular formula is C24H20FN3O. The maximum Gasteiger partial charge on any atom is 0.270 e. The minimum absolute atomic E-state index is 0.166. The molecule has 3 aromatic carbocycles. The largest absolute Gasteiger partial charge is 0.344 e. The lowest BCUT2D eigenvalue weighted by atomic mass is 10.1. The molecule has 1 atom stereocenters. The Kier molecular flexibility index (Phi) is 5.20. The molecular weight excluding hydrogens is 365 g/mol. The average molecular weight is 385 g/mol. The van der Waals surface area contributed by atoms with Gasteiger partial charge >= 0.3 is 0 Å². The van der Waals surface area contributed by atoms with E-state index in [2.05, 4.69) is 10.4 Å². The van der Waals surface area contributed by atoms with E-state index in [4.69, 9.17) is 0 Å². The Balaban J connectivity index is 1.71. The zero-order valence-electron chi connectivity index (χ0n) is 15.9. The standard InChI is InChI=1S/C24H20FN3O/c1-17(18-8-4-2-5-9-18)26-24(29)23-16-22(19-10-6-3-7-11-19)27-28(23)21-14-12-20(25)13-15-21/h2-17H,1H3,(H,26,29). The fourth-order valence-corrected chi connectivity index (χ4v) is 3.17. The van der Waals surface area contributed by atoms with Crippen LogP contribution in [0.2, 0.25) is 0 Å². The number of nitrogens with zero attached hydrogens (tertiary/aromatic N) is 2. The minimum atomic E-state index is -0.340. The molecule has 1 N–H and O–H groups in total. The van der Waals surface area contributed by atoms with Crippen LogP contribution >= 0.6 is 0 Å². The third-order valence-corrected chi connectivity index (χ3v) is 4.73. The van der Waals surface area contributed by atoms with Crippen LogP contribution in [0.25, 0.3) is 16.9 Å². The molecule has 5 heteroatoms. The highest BCUT2D eigenvalue weighted by atomic mass is 19.1. The maximum atomic E-state index is 13.4. The van der Waals surface area contributed by atoms with E-state index in [1.54, 1.807) is 22.9 Å². The number of carbonyl (C=O) groups excluding carboxylic acids is 1. The lowest BCUT2D eigenvalue weighted by Crippen LogP contribution is -2.28. The second-order valence-electron chi connectivity index (χ2n) is 6.77. The molecule has 0 aliphatic rings. The first kappa shape index (κ1) is 18.6. The Morgan fingerprint density at radius 3 is 2.21 bits per heavy atom. The Labute approximate surface area is 168 Å². The van der Waals surface area contributed by atoms with Gasteiger partial charge in [-0.3, -0.25) is 4.79 Å². The summed E-state index contributed by atoms with van der Waals surface area (Å²) >= 11 is 0. The van der Waals surface area contributed by atoms with E-state index in [-0.39, 0.29) is 17.8 Å². The van der Waals surface area contributed by atoms with Crippen molar-refractivity contribution in [1.82, 2.24) is 15.1 Å². The molecule has 4 nitrogen and oxygen atoms in total. The lowest BCUT2D eigenvalue weighted by molar-refractivity contribution is 0.0932. The van der Waals surface area contributed by atoms with E-state index in [9.17, 15) is 9.18 Å². The molecule has 0 saturated carbocycles. The number of amides is 1. The van der Waals surface area contributed by atoms with Crippen molar-refractivity contribution in [2.24, 2.45) is 0 Å². The van der Waals surface area contributed by atoms with Crippen molar-refractivity contribution in [2.75, 3.05) is 0 Å². The molecule has 0 radical (unpaired) electrons. The van der Waals surface area contributed by atoms with Gasteiger partial charge in [-0.25, -0.2) is 9.07 Å². The lowest BCUT2D eigenvalue weighted by Gasteiger charge is -2.15. The van der Waals surface area contributed by atoms with Gasteiger partial charge in [0.1, 0.15) is 11.5 Å². The van der Waals surface area contributed by atoms with Crippen molar-refractivity contribution in [1.29, 1.82) is 0 Å². The Morgan fingerprint density at radius 1 is 0.931 bits per heavy atom. The van der Waals surface area contributed by atoms with Crippen LogP contribution in [0, 0.1) is 5.82 Å². The van der Waals surface area contributed by atoms with E-state index >= 15 is 0 Å². The molecule has 0 aliphatic carbocycles. The summed E-state index contributed by atoms with van der Waals surface area (Å²) in [7, 11) is 0. The minimum Gasteiger partial charge on any atom is -0.344 e. The second-order valence-corrected chi connectivity index (χ2v) is 6.77. The van der Waals surface area contributed by atoms with Gasteiger partial charge in [0.05, 0.1) is 17.4 Å². The zero-order chi connectivity index (χ0) is 20.2. The zero-order valence-corrected chi connectivity index (χ0v) is 15.9. The summed E-state index contributed by atoms with van der Waals surface area (Å²) in [6, 6.07) is 26.9. The fourth-order valence-electron chi connectivity index (χ4n) is 3.17. The topological polar surface area (TPSA) is 46.9 Å². The van der Waals surface area contributed by atoms with E-state index in [1.807, 2.05) is 67.6 Å². The highest BCUT2D eigenvalue weighted by molar-refractivity contribution is 5.94. The third-order valence-electron chi connectivity index (χ3n) is 4.73. The normalized spacial score (nSPS) is 11.8. The summed E-state index contributed by atoms with van der Waals surface area (Å²) < 4.78 is 14.9. The van der Waals surface area contributed by atoms with Gasteiger partial charge in [-0.1, -0.05) is 60.7 Å². The summed E-state index contributed by atoms with van der Waals surface area (Å²) in [5.41, 5.74) is 3.59. The van der Waals surface area contributed by atoms with Crippen LogP contribution in [0.1, 0.15) is 29.0 Å². The van der Waals surface area contributed by atoms with Gasteiger partial charge in [-0.15, -0.1) is 0 Å². The third kappa shape index (κ3) is 4.09. The van der Waals surface area contributed by atoms with E-state index in [0.29, 0.717) is 17.1 Å². The molecule has 0 bridgehead atoms. The molecule has 4 rings (SSSR count). The fraction of sp³-hybridized carbons (Fsp3) is 0.0833. The van der Waals surface area contributed by atoms with Gasteiger partial charge in [0, 0.05) is 5.56 Å².